The fourth-order valence-electron chi connectivity index (χ4n) is 3.99. The van der Waals surface area contributed by atoms with E-state index in [2.05, 4.69) is 37.4 Å². The van der Waals surface area contributed by atoms with Gasteiger partial charge in [-0.2, -0.15) is 10.1 Å². The van der Waals surface area contributed by atoms with Crippen LogP contribution in [0.15, 0.2) is 55.0 Å². The topological polar surface area (TPSA) is 92.1 Å². The van der Waals surface area contributed by atoms with Crippen LogP contribution in [-0.4, -0.2) is 53.7 Å². The van der Waals surface area contributed by atoms with Crippen molar-refractivity contribution < 1.29 is 4.79 Å². The number of H-pyrrole nitrogens is 1. The van der Waals surface area contributed by atoms with Gasteiger partial charge in [0.1, 0.15) is 0 Å². The molecule has 1 unspecified atom stereocenters. The Morgan fingerprint density at radius 3 is 2.97 bits per heavy atom. The van der Waals surface area contributed by atoms with Crippen molar-refractivity contribution >= 4 is 11.7 Å². The van der Waals surface area contributed by atoms with Crippen LogP contribution >= 0.6 is 0 Å². The van der Waals surface area contributed by atoms with E-state index in [0.29, 0.717) is 18.9 Å². The highest BCUT2D eigenvalue weighted by Gasteiger charge is 2.29. The normalized spacial score (nSPS) is 17.0. The monoisotopic (exact) mass is 387 g/mol. The first-order valence-corrected chi connectivity index (χ1v) is 9.80. The summed E-state index contributed by atoms with van der Waals surface area (Å²) < 4.78 is 1.53. The molecule has 1 N–H and O–H groups in total. The summed E-state index contributed by atoms with van der Waals surface area (Å²) in [4.78, 5) is 23.3. The maximum absolute atomic E-state index is 13.0. The summed E-state index contributed by atoms with van der Waals surface area (Å²) in [5.41, 5.74) is 3.56. The van der Waals surface area contributed by atoms with Gasteiger partial charge in [0.25, 0.3) is 11.7 Å². The number of carbonyl (C=O) groups is 1. The Labute approximate surface area is 167 Å². The maximum Gasteiger partial charge on any atom is 0.293 e. The van der Waals surface area contributed by atoms with E-state index in [-0.39, 0.29) is 17.6 Å². The third kappa shape index (κ3) is 3.49. The molecule has 8 heteroatoms. The lowest BCUT2D eigenvalue weighted by Gasteiger charge is -2.32. The molecule has 4 heterocycles. The molecule has 0 aliphatic carbocycles. The fraction of sp³-hybridized carbons (Fsp3) is 0.286. The molecule has 3 aromatic heterocycles. The lowest BCUT2D eigenvalue weighted by molar-refractivity contribution is 0.0693. The number of nitrogens with zero attached hydrogens (tertiary/aromatic N) is 6. The minimum Gasteiger partial charge on any atom is -0.335 e. The van der Waals surface area contributed by atoms with E-state index in [9.17, 15) is 4.79 Å². The van der Waals surface area contributed by atoms with Gasteiger partial charge in [-0.1, -0.05) is 30.3 Å². The SMILES string of the molecule is O=C(c1nc2ncccn2n1)N1CCCC(c2[nH]ncc2Cc2ccccc2)C1. The Balaban J connectivity index is 1.34. The zero-order valence-electron chi connectivity index (χ0n) is 15.9. The summed E-state index contributed by atoms with van der Waals surface area (Å²) in [6.07, 6.45) is 8.07. The second-order valence-corrected chi connectivity index (χ2v) is 7.36. The van der Waals surface area contributed by atoms with Gasteiger partial charge in [-0.25, -0.2) is 9.50 Å². The van der Waals surface area contributed by atoms with Gasteiger partial charge in [0.05, 0.1) is 6.20 Å². The fourth-order valence-corrected chi connectivity index (χ4v) is 3.99. The Bertz CT molecular complexity index is 1100. The number of nitrogens with one attached hydrogen (secondary N) is 1. The number of carbonyl (C=O) groups excluding carboxylic acids is 1. The van der Waals surface area contributed by atoms with Crippen LogP contribution < -0.4 is 0 Å². The van der Waals surface area contributed by atoms with Crippen LogP contribution in [0.4, 0.5) is 0 Å². The molecule has 0 spiro atoms. The molecular formula is C21H21N7O. The molecular weight excluding hydrogens is 366 g/mol. The summed E-state index contributed by atoms with van der Waals surface area (Å²) >= 11 is 0. The van der Waals surface area contributed by atoms with Gasteiger partial charge in [0, 0.05) is 43.5 Å². The van der Waals surface area contributed by atoms with Crippen molar-refractivity contribution in [1.29, 1.82) is 0 Å². The van der Waals surface area contributed by atoms with Crippen molar-refractivity contribution in [2.75, 3.05) is 13.1 Å². The van der Waals surface area contributed by atoms with E-state index in [1.54, 1.807) is 18.5 Å². The van der Waals surface area contributed by atoms with Crippen molar-refractivity contribution in [3.05, 3.63) is 77.6 Å². The predicted molar refractivity (Wildman–Crippen MR) is 106 cm³/mol. The van der Waals surface area contributed by atoms with E-state index < -0.39 is 0 Å². The molecule has 1 aromatic carbocycles. The molecule has 1 atom stereocenters. The van der Waals surface area contributed by atoms with Crippen molar-refractivity contribution in [3.8, 4) is 0 Å². The third-order valence-corrected chi connectivity index (χ3v) is 5.41. The molecule has 1 aliphatic heterocycles. The van der Waals surface area contributed by atoms with Crippen LogP contribution in [0.2, 0.25) is 0 Å². The highest BCUT2D eigenvalue weighted by atomic mass is 16.2. The zero-order chi connectivity index (χ0) is 19.6. The molecule has 0 radical (unpaired) electrons. The molecule has 1 fully saturated rings. The van der Waals surface area contributed by atoms with E-state index in [0.717, 1.165) is 25.0 Å². The zero-order valence-corrected chi connectivity index (χ0v) is 15.9. The smallest absolute Gasteiger partial charge is 0.293 e. The van der Waals surface area contributed by atoms with Gasteiger partial charge in [-0.05, 0) is 30.0 Å². The van der Waals surface area contributed by atoms with E-state index >= 15 is 0 Å². The number of rotatable bonds is 4. The quantitative estimate of drug-likeness (QED) is 0.581. The molecule has 0 bridgehead atoms. The average molecular weight is 387 g/mol. The average Bonchev–Trinajstić information content (AvgIpc) is 3.41. The predicted octanol–water partition coefficient (Wildman–Crippen LogP) is 2.46. The Kier molecular flexibility index (Phi) is 4.51. The molecule has 146 valence electrons. The van der Waals surface area contributed by atoms with Crippen LogP contribution in [-0.2, 0) is 6.42 Å². The second kappa shape index (κ2) is 7.46. The van der Waals surface area contributed by atoms with Crippen molar-refractivity contribution in [3.63, 3.8) is 0 Å². The molecule has 1 amide bonds. The number of fused-ring (bicyclic) bond motifs is 1. The van der Waals surface area contributed by atoms with Gasteiger partial charge in [-0.15, -0.1) is 5.10 Å². The van der Waals surface area contributed by atoms with E-state index in [1.165, 1.54) is 15.6 Å². The van der Waals surface area contributed by atoms with E-state index in [1.807, 2.05) is 29.3 Å². The Morgan fingerprint density at radius 2 is 2.10 bits per heavy atom. The summed E-state index contributed by atoms with van der Waals surface area (Å²) in [5, 5.41) is 11.7. The lowest BCUT2D eigenvalue weighted by Crippen LogP contribution is -2.40. The van der Waals surface area contributed by atoms with Crippen LogP contribution in [0.25, 0.3) is 5.78 Å². The van der Waals surface area contributed by atoms with Gasteiger partial charge in [0.2, 0.25) is 5.82 Å². The number of aromatic nitrogens is 6. The minimum absolute atomic E-state index is 0.149. The second-order valence-electron chi connectivity index (χ2n) is 7.36. The molecule has 1 saturated heterocycles. The standard InChI is InChI=1S/C21H21N7O/c29-20(19-24-21-22-9-5-11-28(21)26-19)27-10-4-8-16(14-27)18-17(13-23-25-18)12-15-6-2-1-3-7-15/h1-3,5-7,9,11,13,16H,4,8,10,12,14H2,(H,23,25). The molecule has 8 nitrogen and oxygen atoms in total. The van der Waals surface area contributed by atoms with Gasteiger partial charge in [-0.3, -0.25) is 9.89 Å². The van der Waals surface area contributed by atoms with Gasteiger partial charge < -0.3 is 4.90 Å². The summed E-state index contributed by atoms with van der Waals surface area (Å²) in [6.45, 7) is 1.34. The van der Waals surface area contributed by atoms with E-state index in [4.69, 9.17) is 0 Å². The third-order valence-electron chi connectivity index (χ3n) is 5.41. The Morgan fingerprint density at radius 1 is 1.21 bits per heavy atom. The minimum atomic E-state index is -0.149. The molecule has 1 aliphatic rings. The first-order valence-electron chi connectivity index (χ1n) is 9.80. The summed E-state index contributed by atoms with van der Waals surface area (Å²) in [7, 11) is 0. The summed E-state index contributed by atoms with van der Waals surface area (Å²) in [6, 6.07) is 12.1. The number of hydrogen-bond donors (Lipinski definition) is 1. The number of benzene rings is 1. The van der Waals surface area contributed by atoms with Crippen molar-refractivity contribution in [2.45, 2.75) is 25.2 Å². The van der Waals surface area contributed by atoms with Crippen LogP contribution in [0.5, 0.6) is 0 Å². The van der Waals surface area contributed by atoms with Crippen molar-refractivity contribution in [1.82, 2.24) is 34.7 Å². The highest BCUT2D eigenvalue weighted by Crippen LogP contribution is 2.29. The lowest BCUT2D eigenvalue weighted by atomic mass is 9.91. The summed E-state index contributed by atoms with van der Waals surface area (Å²) in [5.74, 6) is 0.704. The molecule has 5 rings (SSSR count). The first kappa shape index (κ1) is 17.5. The number of hydrogen-bond acceptors (Lipinski definition) is 5. The number of piperidine rings is 1. The molecule has 4 aromatic rings. The first-order chi connectivity index (χ1) is 14.3. The maximum atomic E-state index is 13.0. The number of amides is 1. The molecule has 29 heavy (non-hydrogen) atoms. The number of likely N-dealkylation sites (tertiary alicyclic amines) is 1. The van der Waals surface area contributed by atoms with Crippen LogP contribution in [0.1, 0.15) is 46.2 Å². The van der Waals surface area contributed by atoms with Gasteiger partial charge >= 0.3 is 0 Å². The van der Waals surface area contributed by atoms with Crippen molar-refractivity contribution in [2.24, 2.45) is 0 Å². The van der Waals surface area contributed by atoms with Crippen LogP contribution in [0.3, 0.4) is 0 Å². The highest BCUT2D eigenvalue weighted by molar-refractivity contribution is 5.91. The van der Waals surface area contributed by atoms with Gasteiger partial charge in [0.15, 0.2) is 0 Å². The largest absolute Gasteiger partial charge is 0.335 e. The van der Waals surface area contributed by atoms with Crippen LogP contribution in [0, 0.1) is 0 Å². The number of aromatic amines is 1. The Hall–Kier alpha value is -3.55. The molecule has 0 saturated carbocycles.